The van der Waals surface area contributed by atoms with Gasteiger partial charge in [0.2, 0.25) is 0 Å². The molecule has 1 atom stereocenters. The molecule has 2 aromatic carbocycles. The standard InChI is InChI=1S/C31H36ClN5O4/c1-21(38)20-36-16-12-24(13-17-36)41-28-18-23(37-14-4-5-15-37)9-10-26(28)31(40)34-27-7-3-2-6-25(27)30(39)35-29-11-8-22(32)19-33-29/h2-3,6-11,18-19,21,24,38H,4-5,12-17,20H2,1H3,(H,34,40)(H,33,35,39)/t21-/m0/s1. The Morgan fingerprint density at radius 1 is 1.00 bits per heavy atom. The van der Waals surface area contributed by atoms with Crippen molar-refractivity contribution in [2.45, 2.75) is 44.8 Å². The molecule has 10 heteroatoms. The number of hydrogen-bond acceptors (Lipinski definition) is 7. The van der Waals surface area contributed by atoms with Crippen LogP contribution >= 0.6 is 11.6 Å². The first-order valence-electron chi connectivity index (χ1n) is 14.1. The van der Waals surface area contributed by atoms with Crippen LogP contribution in [0.5, 0.6) is 5.75 Å². The van der Waals surface area contributed by atoms with Crippen LogP contribution in [-0.4, -0.2) is 71.7 Å². The monoisotopic (exact) mass is 577 g/mol. The highest BCUT2D eigenvalue weighted by molar-refractivity contribution is 6.30. The number of ether oxygens (including phenoxy) is 1. The molecule has 0 spiro atoms. The molecule has 216 valence electrons. The number of carbonyl (C=O) groups is 2. The van der Waals surface area contributed by atoms with Crippen LogP contribution in [-0.2, 0) is 0 Å². The van der Waals surface area contributed by atoms with E-state index in [1.165, 1.54) is 6.20 Å². The van der Waals surface area contributed by atoms with Gasteiger partial charge in [0.1, 0.15) is 17.7 Å². The van der Waals surface area contributed by atoms with E-state index in [9.17, 15) is 14.7 Å². The molecular formula is C31H36ClN5O4. The lowest BCUT2D eigenvalue weighted by molar-refractivity contribution is 0.0665. The average Bonchev–Trinajstić information content (AvgIpc) is 3.51. The third-order valence-corrected chi connectivity index (χ3v) is 7.64. The van der Waals surface area contributed by atoms with Gasteiger partial charge in [0.25, 0.3) is 11.8 Å². The minimum absolute atomic E-state index is 0.0365. The summed E-state index contributed by atoms with van der Waals surface area (Å²) in [5.41, 5.74) is 2.13. The fourth-order valence-electron chi connectivity index (χ4n) is 5.34. The highest BCUT2D eigenvalue weighted by Crippen LogP contribution is 2.31. The zero-order chi connectivity index (χ0) is 28.8. The molecule has 3 aromatic rings. The number of hydrogen-bond donors (Lipinski definition) is 3. The van der Waals surface area contributed by atoms with Gasteiger partial charge in [-0.2, -0.15) is 0 Å². The van der Waals surface area contributed by atoms with E-state index < -0.39 is 5.91 Å². The second kappa shape index (κ2) is 13.3. The molecule has 2 aliphatic rings. The van der Waals surface area contributed by atoms with Crippen LogP contribution in [0.3, 0.4) is 0 Å². The van der Waals surface area contributed by atoms with E-state index in [0.29, 0.717) is 39.9 Å². The first-order valence-corrected chi connectivity index (χ1v) is 14.5. The number of amides is 2. The Morgan fingerprint density at radius 2 is 1.73 bits per heavy atom. The second-order valence-corrected chi connectivity index (χ2v) is 11.1. The highest BCUT2D eigenvalue weighted by atomic mass is 35.5. The first-order chi connectivity index (χ1) is 19.9. The van der Waals surface area contributed by atoms with Gasteiger partial charge >= 0.3 is 0 Å². The number of nitrogens with one attached hydrogen (secondary N) is 2. The summed E-state index contributed by atoms with van der Waals surface area (Å²) in [6.07, 6.45) is 4.95. The van der Waals surface area contributed by atoms with E-state index in [1.54, 1.807) is 49.4 Å². The quantitative estimate of drug-likeness (QED) is 0.326. The first kappa shape index (κ1) is 28.9. The molecule has 3 N–H and O–H groups in total. The van der Waals surface area contributed by atoms with Crippen LogP contribution in [0.2, 0.25) is 5.02 Å². The third-order valence-electron chi connectivity index (χ3n) is 7.42. The molecule has 0 bridgehead atoms. The Hall–Kier alpha value is -3.66. The van der Waals surface area contributed by atoms with Gasteiger partial charge in [-0.05, 0) is 69.0 Å². The summed E-state index contributed by atoms with van der Waals surface area (Å²) in [6, 6.07) is 15.8. The number of para-hydroxylation sites is 1. The molecule has 2 fully saturated rings. The molecule has 0 radical (unpaired) electrons. The van der Waals surface area contributed by atoms with Gasteiger partial charge in [-0.1, -0.05) is 23.7 Å². The van der Waals surface area contributed by atoms with Crippen LogP contribution < -0.4 is 20.3 Å². The number of aliphatic hydroxyl groups is 1. The summed E-state index contributed by atoms with van der Waals surface area (Å²) in [5.74, 6) is 0.131. The summed E-state index contributed by atoms with van der Waals surface area (Å²) >= 11 is 5.90. The fraction of sp³-hybridized carbons (Fsp3) is 0.387. The van der Waals surface area contributed by atoms with Crippen LogP contribution in [0.25, 0.3) is 0 Å². The molecule has 41 heavy (non-hydrogen) atoms. The van der Waals surface area contributed by atoms with Gasteiger partial charge < -0.3 is 30.3 Å². The number of rotatable bonds is 9. The van der Waals surface area contributed by atoms with E-state index in [-0.39, 0.29) is 18.1 Å². The number of nitrogens with zero attached hydrogens (tertiary/aromatic N) is 3. The number of aromatic nitrogens is 1. The smallest absolute Gasteiger partial charge is 0.259 e. The third kappa shape index (κ3) is 7.55. The SMILES string of the molecule is C[C@H](O)CN1CCC(Oc2cc(N3CCCC3)ccc2C(=O)Nc2ccccc2C(=O)Nc2ccc(Cl)cn2)CC1. The van der Waals surface area contributed by atoms with Crippen molar-refractivity contribution >= 4 is 40.6 Å². The molecule has 5 rings (SSSR count). The van der Waals surface area contributed by atoms with Crippen molar-refractivity contribution in [3.05, 3.63) is 76.9 Å². The van der Waals surface area contributed by atoms with Gasteiger partial charge in [0.05, 0.1) is 27.9 Å². The maximum atomic E-state index is 13.7. The largest absolute Gasteiger partial charge is 0.489 e. The van der Waals surface area contributed by atoms with Crippen molar-refractivity contribution in [2.24, 2.45) is 0 Å². The minimum Gasteiger partial charge on any atom is -0.489 e. The summed E-state index contributed by atoms with van der Waals surface area (Å²) in [5, 5.41) is 15.9. The van der Waals surface area contributed by atoms with Gasteiger partial charge in [-0.15, -0.1) is 0 Å². The van der Waals surface area contributed by atoms with E-state index >= 15 is 0 Å². The molecule has 0 aliphatic carbocycles. The fourth-order valence-corrected chi connectivity index (χ4v) is 5.46. The number of halogens is 1. The van der Waals surface area contributed by atoms with E-state index in [4.69, 9.17) is 16.3 Å². The van der Waals surface area contributed by atoms with Gasteiger partial charge in [-0.25, -0.2) is 4.98 Å². The average molecular weight is 578 g/mol. The summed E-state index contributed by atoms with van der Waals surface area (Å²) < 4.78 is 6.49. The van der Waals surface area contributed by atoms with Gasteiger partial charge in [0.15, 0.2) is 0 Å². The van der Waals surface area contributed by atoms with Crippen molar-refractivity contribution < 1.29 is 19.4 Å². The zero-order valence-corrected chi connectivity index (χ0v) is 23.9. The Kier molecular flexibility index (Phi) is 9.38. The van der Waals surface area contributed by atoms with Crippen molar-refractivity contribution in [1.82, 2.24) is 9.88 Å². The Labute approximate surface area is 245 Å². The normalized spacial score (nSPS) is 16.8. The van der Waals surface area contributed by atoms with Crippen molar-refractivity contribution in [3.8, 4) is 5.75 Å². The van der Waals surface area contributed by atoms with Gasteiger partial charge in [-0.3, -0.25) is 9.59 Å². The van der Waals surface area contributed by atoms with Crippen molar-refractivity contribution in [2.75, 3.05) is 48.3 Å². The number of β-amino-alcohol motifs (C(OH)–C–C–N with tert-alkyl or cyclic N) is 1. The zero-order valence-electron chi connectivity index (χ0n) is 23.2. The van der Waals surface area contributed by atoms with Crippen LogP contribution in [0, 0.1) is 0 Å². The van der Waals surface area contributed by atoms with E-state index in [0.717, 1.165) is 57.5 Å². The lowest BCUT2D eigenvalue weighted by Gasteiger charge is -2.33. The maximum absolute atomic E-state index is 13.7. The highest BCUT2D eigenvalue weighted by Gasteiger charge is 2.25. The number of anilines is 3. The number of likely N-dealkylation sites (tertiary alicyclic amines) is 1. The molecule has 0 unspecified atom stereocenters. The second-order valence-electron chi connectivity index (χ2n) is 10.7. The molecule has 9 nitrogen and oxygen atoms in total. The number of aliphatic hydroxyl groups excluding tert-OH is 1. The molecule has 1 aromatic heterocycles. The van der Waals surface area contributed by atoms with Crippen LogP contribution in [0.1, 0.15) is 53.3 Å². The Balaban J connectivity index is 1.34. The Morgan fingerprint density at radius 3 is 2.44 bits per heavy atom. The van der Waals surface area contributed by atoms with Crippen molar-refractivity contribution in [1.29, 1.82) is 0 Å². The molecule has 2 amide bonds. The summed E-state index contributed by atoms with van der Waals surface area (Å²) in [6.45, 7) is 6.06. The molecular weight excluding hydrogens is 542 g/mol. The van der Waals surface area contributed by atoms with E-state index in [1.807, 2.05) is 12.1 Å². The predicted molar refractivity (Wildman–Crippen MR) is 161 cm³/mol. The lowest BCUT2D eigenvalue weighted by Crippen LogP contribution is -2.41. The minimum atomic E-state index is -0.402. The number of benzene rings is 2. The number of pyridine rings is 1. The number of carbonyl (C=O) groups excluding carboxylic acids is 2. The molecule has 2 aliphatic heterocycles. The molecule has 0 saturated carbocycles. The predicted octanol–water partition coefficient (Wildman–Crippen LogP) is 5.06. The van der Waals surface area contributed by atoms with Crippen LogP contribution in [0.15, 0.2) is 60.8 Å². The van der Waals surface area contributed by atoms with Gasteiger partial charge in [0, 0.05) is 50.7 Å². The topological polar surface area (TPSA) is 107 Å². The van der Waals surface area contributed by atoms with E-state index in [2.05, 4.69) is 25.4 Å². The molecule has 2 saturated heterocycles. The Bertz CT molecular complexity index is 1350. The number of piperidine rings is 1. The lowest BCUT2D eigenvalue weighted by atomic mass is 10.1. The van der Waals surface area contributed by atoms with Crippen molar-refractivity contribution in [3.63, 3.8) is 0 Å². The summed E-state index contributed by atoms with van der Waals surface area (Å²) in [7, 11) is 0. The summed E-state index contributed by atoms with van der Waals surface area (Å²) in [4.78, 5) is 35.4. The van der Waals surface area contributed by atoms with Crippen LogP contribution in [0.4, 0.5) is 17.2 Å². The molecule has 3 heterocycles. The maximum Gasteiger partial charge on any atom is 0.259 e.